The van der Waals surface area contributed by atoms with Gasteiger partial charge in [0.05, 0.1) is 29.9 Å². The van der Waals surface area contributed by atoms with Gasteiger partial charge in [-0.2, -0.15) is 0 Å². The van der Waals surface area contributed by atoms with Gasteiger partial charge in [-0.05, 0) is 45.9 Å². The minimum Gasteiger partial charge on any atom is -0.462 e. The number of hydrogen-bond acceptors (Lipinski definition) is 7. The third kappa shape index (κ3) is 6.82. The Bertz CT molecular complexity index is 839. The molecule has 150 valence electrons. The van der Waals surface area contributed by atoms with Crippen molar-refractivity contribution in [2.45, 2.75) is 39.7 Å². The zero-order valence-corrected chi connectivity index (χ0v) is 16.5. The summed E-state index contributed by atoms with van der Waals surface area (Å²) >= 11 is 0. The number of amides is 1. The second kappa shape index (κ2) is 9.63. The number of nitrogens with zero attached hydrogens (tertiary/aromatic N) is 3. The van der Waals surface area contributed by atoms with Crippen molar-refractivity contribution in [2.24, 2.45) is 10.2 Å². The maximum atomic E-state index is 11.8. The van der Waals surface area contributed by atoms with Gasteiger partial charge in [0.1, 0.15) is 5.60 Å². The van der Waals surface area contributed by atoms with Crippen LogP contribution in [-0.4, -0.2) is 40.8 Å². The Kier molecular flexibility index (Phi) is 7.25. The van der Waals surface area contributed by atoms with E-state index in [1.54, 1.807) is 52.0 Å². The summed E-state index contributed by atoms with van der Waals surface area (Å²) in [5.74, 6) is 0.000697. The van der Waals surface area contributed by atoms with Crippen molar-refractivity contribution in [3.8, 4) is 0 Å². The molecule has 0 fully saturated rings. The Labute approximate surface area is 163 Å². The first-order valence-electron chi connectivity index (χ1n) is 8.96. The maximum Gasteiger partial charge on any atom is 0.407 e. The molecule has 1 aromatic heterocycles. The molecule has 0 aliphatic heterocycles. The number of carbonyl (C=O) groups is 2. The van der Waals surface area contributed by atoms with Crippen molar-refractivity contribution < 1.29 is 19.1 Å². The van der Waals surface area contributed by atoms with Gasteiger partial charge in [0.2, 0.25) is 0 Å². The molecule has 1 heterocycles. The van der Waals surface area contributed by atoms with Gasteiger partial charge in [0.15, 0.2) is 5.82 Å². The summed E-state index contributed by atoms with van der Waals surface area (Å²) in [5.41, 5.74) is 1.09. The molecule has 0 aliphatic carbocycles. The van der Waals surface area contributed by atoms with E-state index in [-0.39, 0.29) is 0 Å². The zero-order valence-electron chi connectivity index (χ0n) is 16.5. The van der Waals surface area contributed by atoms with Crippen LogP contribution in [0, 0.1) is 0 Å². The summed E-state index contributed by atoms with van der Waals surface area (Å²) in [6.07, 6.45) is 1.51. The number of carbonyl (C=O) groups excluding carboxylic acids is 2. The number of aromatic amines is 1. The highest BCUT2D eigenvalue weighted by Crippen LogP contribution is 2.20. The first-order chi connectivity index (χ1) is 13.3. The summed E-state index contributed by atoms with van der Waals surface area (Å²) in [5, 5.41) is 10.9. The fourth-order valence-corrected chi connectivity index (χ4v) is 2.20. The highest BCUT2D eigenvalue weighted by molar-refractivity contribution is 5.90. The van der Waals surface area contributed by atoms with Crippen molar-refractivity contribution in [1.82, 2.24) is 15.3 Å². The Morgan fingerprint density at radius 2 is 2.04 bits per heavy atom. The van der Waals surface area contributed by atoms with E-state index in [0.29, 0.717) is 36.6 Å². The van der Waals surface area contributed by atoms with Gasteiger partial charge in [0, 0.05) is 13.0 Å². The third-order valence-corrected chi connectivity index (χ3v) is 3.36. The van der Waals surface area contributed by atoms with Crippen molar-refractivity contribution in [3.05, 3.63) is 41.9 Å². The van der Waals surface area contributed by atoms with Gasteiger partial charge >= 0.3 is 12.1 Å². The number of benzene rings is 1. The molecule has 0 saturated carbocycles. The molecule has 0 bridgehead atoms. The fourth-order valence-electron chi connectivity index (χ4n) is 2.20. The minimum absolute atomic E-state index is 0.304. The lowest BCUT2D eigenvalue weighted by atomic mass is 10.2. The number of H-pyrrole nitrogens is 1. The fraction of sp³-hybridized carbons (Fsp3) is 0.421. The molecular formula is C19H25N5O4. The smallest absolute Gasteiger partial charge is 0.407 e. The number of aromatic nitrogens is 2. The van der Waals surface area contributed by atoms with Crippen LogP contribution in [0.2, 0.25) is 0 Å². The highest BCUT2D eigenvalue weighted by Gasteiger charge is 2.16. The Hall–Kier alpha value is -3.23. The van der Waals surface area contributed by atoms with Crippen molar-refractivity contribution in [3.63, 3.8) is 0 Å². The third-order valence-electron chi connectivity index (χ3n) is 3.36. The van der Waals surface area contributed by atoms with Gasteiger partial charge in [-0.25, -0.2) is 14.6 Å². The molecule has 2 rings (SSSR count). The maximum absolute atomic E-state index is 11.8. The molecule has 28 heavy (non-hydrogen) atoms. The van der Waals surface area contributed by atoms with E-state index in [2.05, 4.69) is 25.5 Å². The molecule has 0 spiro atoms. The lowest BCUT2D eigenvalue weighted by Crippen LogP contribution is -2.33. The number of nitrogens with one attached hydrogen (secondary N) is 2. The molecule has 9 heteroatoms. The van der Waals surface area contributed by atoms with Gasteiger partial charge in [-0.1, -0.05) is 6.07 Å². The summed E-state index contributed by atoms with van der Waals surface area (Å²) in [4.78, 5) is 30.6. The van der Waals surface area contributed by atoms with Gasteiger partial charge in [-0.3, -0.25) is 0 Å². The number of hydrogen-bond donors (Lipinski definition) is 2. The molecule has 9 nitrogen and oxygen atoms in total. The van der Waals surface area contributed by atoms with Crippen LogP contribution in [0.1, 0.15) is 43.7 Å². The predicted molar refractivity (Wildman–Crippen MR) is 103 cm³/mol. The largest absolute Gasteiger partial charge is 0.462 e. The second-order valence-corrected chi connectivity index (χ2v) is 6.85. The molecule has 0 radical (unpaired) electrons. The van der Waals surface area contributed by atoms with Gasteiger partial charge < -0.3 is 19.8 Å². The van der Waals surface area contributed by atoms with E-state index in [4.69, 9.17) is 9.47 Å². The molecular weight excluding hydrogens is 362 g/mol. The van der Waals surface area contributed by atoms with Crippen molar-refractivity contribution >= 4 is 23.6 Å². The van der Waals surface area contributed by atoms with Crippen LogP contribution in [0.5, 0.6) is 0 Å². The Morgan fingerprint density at radius 1 is 1.25 bits per heavy atom. The summed E-state index contributed by atoms with van der Waals surface area (Å²) in [6, 6.07) is 6.68. The van der Waals surface area contributed by atoms with Crippen LogP contribution in [0.3, 0.4) is 0 Å². The van der Waals surface area contributed by atoms with Crippen LogP contribution in [0.25, 0.3) is 0 Å². The molecule has 2 N–H and O–H groups in total. The number of alkyl carbamates (subject to hydrolysis) is 1. The summed E-state index contributed by atoms with van der Waals surface area (Å²) in [7, 11) is 0. The van der Waals surface area contributed by atoms with E-state index >= 15 is 0 Å². The summed E-state index contributed by atoms with van der Waals surface area (Å²) in [6.45, 7) is 7.82. The molecule has 1 aromatic carbocycles. The molecule has 0 aliphatic rings. The lowest BCUT2D eigenvalue weighted by molar-refractivity contribution is 0.0517. The summed E-state index contributed by atoms with van der Waals surface area (Å²) < 4.78 is 10.2. The van der Waals surface area contributed by atoms with E-state index in [9.17, 15) is 9.59 Å². The average Bonchev–Trinajstić information content (AvgIpc) is 3.06. The van der Waals surface area contributed by atoms with E-state index in [1.807, 2.05) is 0 Å². The zero-order chi connectivity index (χ0) is 20.6. The number of azo groups is 1. The number of esters is 1. The van der Waals surface area contributed by atoms with E-state index < -0.39 is 17.7 Å². The van der Waals surface area contributed by atoms with Crippen molar-refractivity contribution in [1.29, 1.82) is 0 Å². The average molecular weight is 387 g/mol. The number of ether oxygens (including phenoxy) is 2. The van der Waals surface area contributed by atoms with E-state index in [1.165, 1.54) is 6.33 Å². The van der Waals surface area contributed by atoms with Crippen LogP contribution < -0.4 is 5.32 Å². The molecule has 2 aromatic rings. The quantitative estimate of drug-likeness (QED) is 0.548. The van der Waals surface area contributed by atoms with Crippen molar-refractivity contribution in [2.75, 3.05) is 13.2 Å². The second-order valence-electron chi connectivity index (χ2n) is 6.85. The van der Waals surface area contributed by atoms with Gasteiger partial charge in [-0.15, -0.1) is 10.2 Å². The molecule has 0 saturated heterocycles. The standard InChI is InChI=1S/C19H25N5O4/c1-5-27-17(25)13-7-6-8-14(11-13)23-24-16-15(21-12-22-16)9-10-20-18(26)28-19(2,3)4/h6-8,11-12H,5,9-10H2,1-4H3,(H,20,26)(H,21,22). The molecule has 1 amide bonds. The predicted octanol–water partition coefficient (Wildman–Crippen LogP) is 4.07. The Morgan fingerprint density at radius 3 is 2.75 bits per heavy atom. The van der Waals surface area contributed by atoms with Crippen LogP contribution in [0.15, 0.2) is 40.8 Å². The van der Waals surface area contributed by atoms with Gasteiger partial charge in [0.25, 0.3) is 0 Å². The van der Waals surface area contributed by atoms with Crippen LogP contribution in [0.4, 0.5) is 16.3 Å². The Balaban J connectivity index is 1.96. The highest BCUT2D eigenvalue weighted by atomic mass is 16.6. The first-order valence-corrected chi connectivity index (χ1v) is 8.96. The monoisotopic (exact) mass is 387 g/mol. The van der Waals surface area contributed by atoms with Crippen LogP contribution in [-0.2, 0) is 15.9 Å². The molecule has 0 atom stereocenters. The normalized spacial score (nSPS) is 11.4. The topological polar surface area (TPSA) is 118 Å². The van der Waals surface area contributed by atoms with Crippen LogP contribution >= 0.6 is 0 Å². The van der Waals surface area contributed by atoms with E-state index in [0.717, 1.165) is 5.69 Å². The molecule has 0 unspecified atom stereocenters. The minimum atomic E-state index is -0.546. The lowest BCUT2D eigenvalue weighted by Gasteiger charge is -2.19. The SMILES string of the molecule is CCOC(=O)c1cccc(N=Nc2nc[nH]c2CCNC(=O)OC(C)(C)C)c1. The first kappa shape index (κ1) is 21.1. The number of imidazole rings is 1. The number of rotatable bonds is 7.